The quantitative estimate of drug-likeness (QED) is 0.685. The second-order valence-electron chi connectivity index (χ2n) is 2.84. The van der Waals surface area contributed by atoms with E-state index in [1.807, 2.05) is 30.9 Å². The molecular formula is C8H10N4. The zero-order valence-electron chi connectivity index (χ0n) is 7.07. The predicted molar refractivity (Wildman–Crippen MR) is 45.2 cm³/mol. The van der Waals surface area contributed by atoms with Crippen LogP contribution in [0.25, 0.3) is 5.69 Å². The van der Waals surface area contributed by atoms with Gasteiger partial charge < -0.3 is 0 Å². The van der Waals surface area contributed by atoms with Gasteiger partial charge in [0.2, 0.25) is 0 Å². The molecule has 0 unspecified atom stereocenters. The first kappa shape index (κ1) is 7.09. The fraction of sp³-hybridized carbons (Fsp3) is 0.250. The van der Waals surface area contributed by atoms with Crippen LogP contribution in [-0.2, 0) is 0 Å². The smallest absolute Gasteiger partial charge is 0.105 e. The van der Waals surface area contributed by atoms with Crippen LogP contribution >= 0.6 is 0 Å². The van der Waals surface area contributed by atoms with Crippen LogP contribution in [0.1, 0.15) is 11.3 Å². The van der Waals surface area contributed by atoms with Gasteiger partial charge in [-0.05, 0) is 19.4 Å². The van der Waals surface area contributed by atoms with Gasteiger partial charge in [0.25, 0.3) is 0 Å². The molecule has 62 valence electrons. The van der Waals surface area contributed by atoms with Gasteiger partial charge in [-0.3, -0.25) is 5.10 Å². The largest absolute Gasteiger partial charge is 0.281 e. The van der Waals surface area contributed by atoms with E-state index in [1.54, 1.807) is 6.20 Å². The molecule has 2 aromatic rings. The van der Waals surface area contributed by atoms with E-state index in [9.17, 15) is 0 Å². The molecule has 0 bridgehead atoms. The summed E-state index contributed by atoms with van der Waals surface area (Å²) in [5, 5.41) is 11.0. The molecule has 0 aliphatic rings. The summed E-state index contributed by atoms with van der Waals surface area (Å²) in [4.78, 5) is 0. The fourth-order valence-electron chi connectivity index (χ4n) is 1.12. The van der Waals surface area contributed by atoms with E-state index in [0.29, 0.717) is 0 Å². The third-order valence-electron chi connectivity index (χ3n) is 1.76. The molecule has 0 saturated carbocycles. The lowest BCUT2D eigenvalue weighted by atomic mass is 10.4. The number of aromatic nitrogens is 4. The molecule has 0 aliphatic heterocycles. The number of aromatic amines is 1. The van der Waals surface area contributed by atoms with Crippen molar-refractivity contribution >= 4 is 0 Å². The maximum absolute atomic E-state index is 4.18. The third-order valence-corrected chi connectivity index (χ3v) is 1.76. The van der Waals surface area contributed by atoms with Crippen molar-refractivity contribution in [3.05, 3.63) is 29.8 Å². The summed E-state index contributed by atoms with van der Waals surface area (Å²) < 4.78 is 1.81. The minimum atomic E-state index is 1.00. The van der Waals surface area contributed by atoms with Crippen molar-refractivity contribution in [2.75, 3.05) is 0 Å². The molecule has 0 aliphatic carbocycles. The molecule has 4 heteroatoms. The number of H-pyrrole nitrogens is 1. The van der Waals surface area contributed by atoms with Gasteiger partial charge in [0, 0.05) is 6.20 Å². The zero-order chi connectivity index (χ0) is 8.55. The van der Waals surface area contributed by atoms with Crippen molar-refractivity contribution in [2.45, 2.75) is 13.8 Å². The average molecular weight is 162 g/mol. The Hall–Kier alpha value is -1.58. The minimum Gasteiger partial charge on any atom is -0.281 e. The second kappa shape index (κ2) is 2.48. The van der Waals surface area contributed by atoms with Crippen LogP contribution in [-0.4, -0.2) is 20.0 Å². The minimum absolute atomic E-state index is 1.00. The third kappa shape index (κ3) is 1.01. The first-order valence-electron chi connectivity index (χ1n) is 3.79. The van der Waals surface area contributed by atoms with Crippen LogP contribution in [0.2, 0.25) is 0 Å². The van der Waals surface area contributed by atoms with E-state index in [4.69, 9.17) is 0 Å². The Morgan fingerprint density at radius 1 is 1.33 bits per heavy atom. The maximum atomic E-state index is 4.18. The number of hydrogen-bond acceptors (Lipinski definition) is 2. The number of nitrogens with one attached hydrogen (secondary N) is 1. The molecule has 0 saturated heterocycles. The molecule has 2 rings (SSSR count). The standard InChI is InChI=1S/C8H10N4/c1-6-3-10-12(5-6)8-4-9-11-7(8)2/h3-5H,1-2H3,(H,9,11). The van der Waals surface area contributed by atoms with E-state index in [1.165, 1.54) is 0 Å². The average Bonchev–Trinajstić information content (AvgIpc) is 2.58. The highest BCUT2D eigenvalue weighted by Crippen LogP contribution is 2.09. The van der Waals surface area contributed by atoms with Gasteiger partial charge in [-0.2, -0.15) is 10.2 Å². The molecule has 0 aromatic carbocycles. The van der Waals surface area contributed by atoms with E-state index >= 15 is 0 Å². The predicted octanol–water partition coefficient (Wildman–Crippen LogP) is 1.21. The van der Waals surface area contributed by atoms with Crippen molar-refractivity contribution in [3.8, 4) is 5.69 Å². The Kier molecular flexibility index (Phi) is 1.46. The molecule has 12 heavy (non-hydrogen) atoms. The van der Waals surface area contributed by atoms with Gasteiger partial charge in [0.15, 0.2) is 0 Å². The van der Waals surface area contributed by atoms with Gasteiger partial charge >= 0.3 is 0 Å². The lowest BCUT2D eigenvalue weighted by molar-refractivity contribution is 0.872. The molecule has 1 N–H and O–H groups in total. The molecule has 0 spiro atoms. The summed E-state index contributed by atoms with van der Waals surface area (Å²) >= 11 is 0. The van der Waals surface area contributed by atoms with E-state index in [0.717, 1.165) is 16.9 Å². The molecular weight excluding hydrogens is 152 g/mol. The summed E-state index contributed by atoms with van der Waals surface area (Å²) in [6, 6.07) is 0. The van der Waals surface area contributed by atoms with Crippen LogP contribution in [0.5, 0.6) is 0 Å². The number of aryl methyl sites for hydroxylation is 2. The van der Waals surface area contributed by atoms with Gasteiger partial charge in [-0.25, -0.2) is 4.68 Å². The summed E-state index contributed by atoms with van der Waals surface area (Å²) in [5.74, 6) is 0. The Bertz CT molecular complexity index is 385. The molecule has 0 amide bonds. The van der Waals surface area contributed by atoms with Gasteiger partial charge in [0.05, 0.1) is 18.1 Å². The van der Waals surface area contributed by atoms with Gasteiger partial charge in [0.1, 0.15) is 5.69 Å². The first-order chi connectivity index (χ1) is 5.77. The molecule has 2 aromatic heterocycles. The highest BCUT2D eigenvalue weighted by molar-refractivity contribution is 5.32. The summed E-state index contributed by atoms with van der Waals surface area (Å²) in [6.07, 6.45) is 5.56. The lowest BCUT2D eigenvalue weighted by Crippen LogP contribution is -1.93. The Balaban J connectivity index is 2.50. The van der Waals surface area contributed by atoms with Crippen molar-refractivity contribution < 1.29 is 0 Å². The SMILES string of the molecule is Cc1cnn(-c2cn[nH]c2C)c1. The maximum Gasteiger partial charge on any atom is 0.105 e. The molecule has 0 radical (unpaired) electrons. The highest BCUT2D eigenvalue weighted by atomic mass is 15.3. The van der Waals surface area contributed by atoms with E-state index < -0.39 is 0 Å². The highest BCUT2D eigenvalue weighted by Gasteiger charge is 2.02. The Labute approximate surface area is 70.2 Å². The van der Waals surface area contributed by atoms with Crippen molar-refractivity contribution in [2.24, 2.45) is 0 Å². The molecule has 0 fully saturated rings. The van der Waals surface area contributed by atoms with Crippen molar-refractivity contribution in [1.82, 2.24) is 20.0 Å². The first-order valence-corrected chi connectivity index (χ1v) is 3.79. The number of rotatable bonds is 1. The zero-order valence-corrected chi connectivity index (χ0v) is 7.07. The number of hydrogen-bond donors (Lipinski definition) is 1. The van der Waals surface area contributed by atoms with Crippen LogP contribution in [0, 0.1) is 13.8 Å². The van der Waals surface area contributed by atoms with Crippen LogP contribution in [0.3, 0.4) is 0 Å². The summed E-state index contributed by atoms with van der Waals surface area (Å²) in [5.41, 5.74) is 3.18. The number of nitrogens with zero attached hydrogens (tertiary/aromatic N) is 3. The van der Waals surface area contributed by atoms with Crippen LogP contribution in [0.4, 0.5) is 0 Å². The van der Waals surface area contributed by atoms with Crippen LogP contribution < -0.4 is 0 Å². The second-order valence-corrected chi connectivity index (χ2v) is 2.84. The van der Waals surface area contributed by atoms with Gasteiger partial charge in [-0.1, -0.05) is 0 Å². The van der Waals surface area contributed by atoms with Crippen molar-refractivity contribution in [1.29, 1.82) is 0 Å². The van der Waals surface area contributed by atoms with Crippen molar-refractivity contribution in [3.63, 3.8) is 0 Å². The molecule has 2 heterocycles. The van der Waals surface area contributed by atoms with Crippen LogP contribution in [0.15, 0.2) is 18.6 Å². The Morgan fingerprint density at radius 3 is 2.67 bits per heavy atom. The summed E-state index contributed by atoms with van der Waals surface area (Å²) in [7, 11) is 0. The van der Waals surface area contributed by atoms with Gasteiger partial charge in [-0.15, -0.1) is 0 Å². The van der Waals surface area contributed by atoms with E-state index in [2.05, 4.69) is 15.3 Å². The Morgan fingerprint density at radius 2 is 2.17 bits per heavy atom. The molecule has 0 atom stereocenters. The normalized spacial score (nSPS) is 10.5. The monoisotopic (exact) mass is 162 g/mol. The van der Waals surface area contributed by atoms with E-state index in [-0.39, 0.29) is 0 Å². The summed E-state index contributed by atoms with van der Waals surface area (Å²) in [6.45, 7) is 3.98. The lowest BCUT2D eigenvalue weighted by Gasteiger charge is -1.95. The fourth-order valence-corrected chi connectivity index (χ4v) is 1.12. The topological polar surface area (TPSA) is 46.5 Å². The molecule has 4 nitrogen and oxygen atoms in total.